The van der Waals surface area contributed by atoms with Gasteiger partial charge in [-0.05, 0) is 73.7 Å². The second-order valence-electron chi connectivity index (χ2n) is 10.0. The molecule has 0 N–H and O–H groups in total. The number of ether oxygens (including phenoxy) is 2. The summed E-state index contributed by atoms with van der Waals surface area (Å²) in [5.74, 6) is 0.764. The van der Waals surface area contributed by atoms with E-state index in [1.807, 2.05) is 56.3 Å². The third-order valence-corrected chi connectivity index (χ3v) is 7.46. The van der Waals surface area contributed by atoms with Gasteiger partial charge in [-0.15, -0.1) is 0 Å². The molecule has 3 aromatic rings. The molecular formula is C32H40N2O3. The van der Waals surface area contributed by atoms with Crippen molar-refractivity contribution in [2.24, 2.45) is 0 Å². The highest BCUT2D eigenvalue weighted by Crippen LogP contribution is 2.31. The van der Waals surface area contributed by atoms with Crippen LogP contribution in [0.5, 0.6) is 5.75 Å². The fraction of sp³-hybridized carbons (Fsp3) is 0.406. The second kappa shape index (κ2) is 12.8. The Hall–Kier alpha value is -3.31. The van der Waals surface area contributed by atoms with Crippen LogP contribution in [0.2, 0.25) is 0 Å². The van der Waals surface area contributed by atoms with Gasteiger partial charge in [0.15, 0.2) is 0 Å². The van der Waals surface area contributed by atoms with E-state index in [1.165, 1.54) is 16.8 Å². The Morgan fingerprint density at radius 1 is 0.892 bits per heavy atom. The van der Waals surface area contributed by atoms with Gasteiger partial charge < -0.3 is 14.4 Å². The Morgan fingerprint density at radius 2 is 1.62 bits per heavy atom. The lowest BCUT2D eigenvalue weighted by Crippen LogP contribution is -2.47. The summed E-state index contributed by atoms with van der Waals surface area (Å²) >= 11 is 0. The average Bonchev–Trinajstić information content (AvgIpc) is 2.96. The van der Waals surface area contributed by atoms with Gasteiger partial charge >= 0.3 is 5.97 Å². The number of hydrogen-bond acceptors (Lipinski definition) is 5. The molecule has 1 fully saturated rings. The number of methoxy groups -OCH3 is 1. The number of piperazine rings is 1. The summed E-state index contributed by atoms with van der Waals surface area (Å²) in [4.78, 5) is 18.0. The van der Waals surface area contributed by atoms with Crippen LogP contribution in [0, 0.1) is 0 Å². The molecule has 5 nitrogen and oxygen atoms in total. The zero-order valence-corrected chi connectivity index (χ0v) is 22.5. The lowest BCUT2D eigenvalue weighted by atomic mass is 9.78. The van der Waals surface area contributed by atoms with Crippen LogP contribution in [0.15, 0.2) is 78.9 Å². The third-order valence-electron chi connectivity index (χ3n) is 7.46. The molecule has 0 amide bonds. The quantitative estimate of drug-likeness (QED) is 0.294. The third kappa shape index (κ3) is 6.72. The molecule has 1 aliphatic heterocycles. The summed E-state index contributed by atoms with van der Waals surface area (Å²) in [6, 6.07) is 27.1. The maximum atomic E-state index is 13.0. The molecule has 1 heterocycles. The van der Waals surface area contributed by atoms with Crippen LogP contribution in [-0.2, 0) is 14.9 Å². The van der Waals surface area contributed by atoms with E-state index >= 15 is 0 Å². The molecule has 1 aliphatic rings. The van der Waals surface area contributed by atoms with E-state index in [0.717, 1.165) is 63.3 Å². The fourth-order valence-electron chi connectivity index (χ4n) is 5.08. The van der Waals surface area contributed by atoms with Crippen molar-refractivity contribution in [2.45, 2.75) is 38.5 Å². The van der Waals surface area contributed by atoms with Crippen molar-refractivity contribution < 1.29 is 14.3 Å². The van der Waals surface area contributed by atoms with Gasteiger partial charge in [0.05, 0.1) is 19.1 Å². The van der Waals surface area contributed by atoms with E-state index in [0.29, 0.717) is 6.61 Å². The highest BCUT2D eigenvalue weighted by molar-refractivity contribution is 5.82. The van der Waals surface area contributed by atoms with Crippen molar-refractivity contribution >= 4 is 11.7 Å². The maximum absolute atomic E-state index is 13.0. The first-order valence-corrected chi connectivity index (χ1v) is 13.5. The van der Waals surface area contributed by atoms with E-state index in [4.69, 9.17) is 9.47 Å². The standard InChI is InChI=1S/C32H40N2O3/c1-4-24-37-31(35)32(2,28-11-6-5-7-12-28)18-9-19-33-20-22-34(23-21-33)29-13-8-10-27(25-29)26-14-16-30(36-3)17-15-26/h5-8,10-17,25H,4,9,18-24H2,1-3H3. The first-order valence-electron chi connectivity index (χ1n) is 13.5. The number of carbonyl (C=O) groups is 1. The number of esters is 1. The minimum Gasteiger partial charge on any atom is -0.497 e. The molecule has 5 heteroatoms. The zero-order valence-electron chi connectivity index (χ0n) is 22.5. The number of rotatable bonds is 11. The Kier molecular flexibility index (Phi) is 9.24. The molecule has 0 aromatic heterocycles. The highest BCUT2D eigenvalue weighted by Gasteiger charge is 2.36. The molecule has 3 aromatic carbocycles. The summed E-state index contributed by atoms with van der Waals surface area (Å²) in [5.41, 5.74) is 4.11. The molecule has 37 heavy (non-hydrogen) atoms. The highest BCUT2D eigenvalue weighted by atomic mass is 16.5. The minimum atomic E-state index is -0.611. The van der Waals surface area contributed by atoms with Crippen molar-refractivity contribution in [2.75, 3.05) is 51.3 Å². The molecule has 0 saturated carbocycles. The molecule has 1 saturated heterocycles. The average molecular weight is 501 g/mol. The molecule has 0 bridgehead atoms. The molecule has 1 unspecified atom stereocenters. The van der Waals surface area contributed by atoms with Crippen LogP contribution in [0.1, 0.15) is 38.7 Å². The molecule has 4 rings (SSSR count). The van der Waals surface area contributed by atoms with Crippen LogP contribution >= 0.6 is 0 Å². The number of anilines is 1. The van der Waals surface area contributed by atoms with Crippen molar-refractivity contribution in [1.29, 1.82) is 0 Å². The Morgan fingerprint density at radius 3 is 2.30 bits per heavy atom. The summed E-state index contributed by atoms with van der Waals surface area (Å²) in [7, 11) is 1.69. The summed E-state index contributed by atoms with van der Waals surface area (Å²) in [6.07, 6.45) is 2.58. The van der Waals surface area contributed by atoms with Crippen LogP contribution < -0.4 is 9.64 Å². The lowest BCUT2D eigenvalue weighted by Gasteiger charge is -2.37. The van der Waals surface area contributed by atoms with Crippen LogP contribution in [0.4, 0.5) is 5.69 Å². The fourth-order valence-corrected chi connectivity index (χ4v) is 5.08. The first kappa shape index (κ1) is 26.7. The number of carbonyl (C=O) groups excluding carboxylic acids is 1. The maximum Gasteiger partial charge on any atom is 0.316 e. The van der Waals surface area contributed by atoms with Gasteiger partial charge in [0, 0.05) is 31.9 Å². The van der Waals surface area contributed by atoms with Crippen molar-refractivity contribution in [3.8, 4) is 16.9 Å². The summed E-state index contributed by atoms with van der Waals surface area (Å²) in [6.45, 7) is 9.58. The van der Waals surface area contributed by atoms with Gasteiger partial charge in [-0.2, -0.15) is 0 Å². The van der Waals surface area contributed by atoms with E-state index < -0.39 is 5.41 Å². The molecule has 196 valence electrons. The molecule has 0 radical (unpaired) electrons. The van der Waals surface area contributed by atoms with Crippen molar-refractivity contribution in [1.82, 2.24) is 4.90 Å². The Bertz CT molecular complexity index is 1120. The molecule has 1 atom stereocenters. The van der Waals surface area contributed by atoms with Gasteiger partial charge in [-0.1, -0.05) is 61.5 Å². The molecular weight excluding hydrogens is 460 g/mol. The number of nitrogens with zero attached hydrogens (tertiary/aromatic N) is 2. The van der Waals surface area contributed by atoms with Gasteiger partial charge in [0.25, 0.3) is 0 Å². The largest absolute Gasteiger partial charge is 0.497 e. The number of benzene rings is 3. The van der Waals surface area contributed by atoms with Crippen molar-refractivity contribution in [3.63, 3.8) is 0 Å². The van der Waals surface area contributed by atoms with Gasteiger partial charge in [0.1, 0.15) is 5.75 Å². The SMILES string of the molecule is CCCOC(=O)C(C)(CCCN1CCN(c2cccc(-c3ccc(OC)cc3)c2)CC1)c1ccccc1. The number of hydrogen-bond donors (Lipinski definition) is 0. The zero-order chi connectivity index (χ0) is 26.1. The van der Waals surface area contributed by atoms with Gasteiger partial charge in [-0.3, -0.25) is 9.69 Å². The first-order chi connectivity index (χ1) is 18.0. The van der Waals surface area contributed by atoms with Gasteiger partial charge in [0.2, 0.25) is 0 Å². The van der Waals surface area contributed by atoms with Crippen LogP contribution in [0.25, 0.3) is 11.1 Å². The normalized spacial score (nSPS) is 15.7. The Balaban J connectivity index is 1.31. The van der Waals surface area contributed by atoms with E-state index in [1.54, 1.807) is 7.11 Å². The predicted molar refractivity (Wildman–Crippen MR) is 151 cm³/mol. The predicted octanol–water partition coefficient (Wildman–Crippen LogP) is 6.18. The molecule has 0 spiro atoms. The minimum absolute atomic E-state index is 0.109. The van der Waals surface area contributed by atoms with E-state index in [-0.39, 0.29) is 5.97 Å². The van der Waals surface area contributed by atoms with Crippen LogP contribution in [0.3, 0.4) is 0 Å². The lowest BCUT2D eigenvalue weighted by molar-refractivity contribution is -0.150. The topological polar surface area (TPSA) is 42.0 Å². The molecule has 0 aliphatic carbocycles. The van der Waals surface area contributed by atoms with E-state index in [9.17, 15) is 4.79 Å². The summed E-state index contributed by atoms with van der Waals surface area (Å²) in [5, 5.41) is 0. The van der Waals surface area contributed by atoms with Crippen molar-refractivity contribution in [3.05, 3.63) is 84.4 Å². The smallest absolute Gasteiger partial charge is 0.316 e. The van der Waals surface area contributed by atoms with E-state index in [2.05, 4.69) is 46.2 Å². The van der Waals surface area contributed by atoms with Gasteiger partial charge in [-0.25, -0.2) is 0 Å². The Labute approximate surface area is 222 Å². The summed E-state index contributed by atoms with van der Waals surface area (Å²) < 4.78 is 10.9. The monoisotopic (exact) mass is 500 g/mol. The van der Waals surface area contributed by atoms with Crippen LogP contribution in [-0.4, -0.2) is 57.3 Å². The second-order valence-corrected chi connectivity index (χ2v) is 10.0.